The number of hydrogen-bond acceptors (Lipinski definition) is 7. The second-order valence-electron chi connectivity index (χ2n) is 9.27. The number of carbonyl (C=O) groups excluding carboxylic acids is 1. The van der Waals surface area contributed by atoms with Crippen LogP contribution >= 0.6 is 0 Å². The van der Waals surface area contributed by atoms with Crippen LogP contribution < -0.4 is 10.1 Å². The van der Waals surface area contributed by atoms with Gasteiger partial charge in [0.2, 0.25) is 5.91 Å². The van der Waals surface area contributed by atoms with Crippen molar-refractivity contribution in [1.29, 1.82) is 0 Å². The summed E-state index contributed by atoms with van der Waals surface area (Å²) in [5.74, 6) is 1.26. The Balaban J connectivity index is 1.45. The number of rotatable bonds is 5. The number of benzene rings is 1. The molecule has 0 bridgehead atoms. The zero-order valence-corrected chi connectivity index (χ0v) is 19.3. The Labute approximate surface area is 196 Å². The quantitative estimate of drug-likeness (QED) is 0.494. The fourth-order valence-electron chi connectivity index (χ4n) is 5.20. The molecule has 0 radical (unpaired) electrons. The van der Waals surface area contributed by atoms with Crippen LogP contribution in [0.4, 0.5) is 5.82 Å². The Bertz CT molecular complexity index is 1420. The normalized spacial score (nSPS) is 21.4. The van der Waals surface area contributed by atoms with Crippen LogP contribution in [-0.2, 0) is 11.8 Å². The monoisotopic (exact) mass is 455 g/mol. The van der Waals surface area contributed by atoms with Crippen molar-refractivity contribution in [3.05, 3.63) is 48.9 Å². The number of pyridine rings is 1. The average Bonchev–Trinajstić information content (AvgIpc) is 3.21. The van der Waals surface area contributed by atoms with Gasteiger partial charge in [-0.15, -0.1) is 0 Å². The van der Waals surface area contributed by atoms with Gasteiger partial charge < -0.3 is 15.0 Å². The largest absolute Gasteiger partial charge is 0.493 e. The topological polar surface area (TPSA) is 98.1 Å². The number of amides is 1. The molecule has 1 N–H and O–H groups in total. The predicted molar refractivity (Wildman–Crippen MR) is 128 cm³/mol. The molecular formula is C25H25N7O2. The molecule has 1 amide bonds. The summed E-state index contributed by atoms with van der Waals surface area (Å²) >= 11 is 0. The van der Waals surface area contributed by atoms with E-state index in [-0.39, 0.29) is 11.3 Å². The third-order valence-corrected chi connectivity index (χ3v) is 6.93. The van der Waals surface area contributed by atoms with E-state index in [1.807, 2.05) is 43.6 Å². The minimum atomic E-state index is -0.323. The van der Waals surface area contributed by atoms with Gasteiger partial charge in [0.05, 0.1) is 18.0 Å². The molecule has 3 aromatic heterocycles. The Morgan fingerprint density at radius 1 is 1.18 bits per heavy atom. The molecule has 9 heteroatoms. The molecule has 1 saturated heterocycles. The second-order valence-corrected chi connectivity index (χ2v) is 9.27. The molecule has 2 atom stereocenters. The number of aryl methyl sites for hydroxylation is 1. The molecule has 1 aliphatic heterocycles. The summed E-state index contributed by atoms with van der Waals surface area (Å²) in [5, 5.41) is 7.72. The lowest BCUT2D eigenvalue weighted by Gasteiger charge is -2.17. The SMILES string of the molecule is COc1cc2ncnc(-c3cn(C)nc3-c3ccccc3)c2nc1NC(=O)[C@@]12C[C@@H]1CN(C)C2. The van der Waals surface area contributed by atoms with E-state index in [0.717, 1.165) is 36.3 Å². The van der Waals surface area contributed by atoms with Gasteiger partial charge in [0, 0.05) is 43.5 Å². The third kappa shape index (κ3) is 3.23. The van der Waals surface area contributed by atoms with Crippen molar-refractivity contribution in [3.63, 3.8) is 0 Å². The summed E-state index contributed by atoms with van der Waals surface area (Å²) in [7, 11) is 5.50. The van der Waals surface area contributed by atoms with Crippen LogP contribution in [0.1, 0.15) is 6.42 Å². The Hall–Kier alpha value is -3.85. The molecule has 0 unspecified atom stereocenters. The van der Waals surface area contributed by atoms with E-state index in [2.05, 4.69) is 32.3 Å². The first-order valence-electron chi connectivity index (χ1n) is 11.3. The average molecular weight is 456 g/mol. The molecule has 2 fully saturated rings. The molecule has 6 rings (SSSR count). The van der Waals surface area contributed by atoms with Gasteiger partial charge in [-0.1, -0.05) is 30.3 Å². The fourth-order valence-corrected chi connectivity index (χ4v) is 5.20. The van der Waals surface area contributed by atoms with E-state index in [1.54, 1.807) is 17.9 Å². The van der Waals surface area contributed by atoms with Crippen molar-refractivity contribution < 1.29 is 9.53 Å². The highest BCUT2D eigenvalue weighted by Gasteiger charge is 2.64. The van der Waals surface area contributed by atoms with Gasteiger partial charge in [0.15, 0.2) is 11.6 Å². The van der Waals surface area contributed by atoms with Crippen LogP contribution in [0, 0.1) is 11.3 Å². The number of nitrogens with zero attached hydrogens (tertiary/aromatic N) is 6. The molecule has 34 heavy (non-hydrogen) atoms. The number of aromatic nitrogens is 5. The molecule has 4 heterocycles. The molecule has 1 aliphatic carbocycles. The second kappa shape index (κ2) is 7.59. The van der Waals surface area contributed by atoms with Crippen LogP contribution in [0.25, 0.3) is 33.5 Å². The highest BCUT2D eigenvalue weighted by molar-refractivity contribution is 6.01. The van der Waals surface area contributed by atoms with E-state index in [4.69, 9.17) is 9.72 Å². The summed E-state index contributed by atoms with van der Waals surface area (Å²) in [6, 6.07) is 11.8. The minimum absolute atomic E-state index is 0.00301. The first-order chi connectivity index (χ1) is 16.5. The van der Waals surface area contributed by atoms with Crippen molar-refractivity contribution in [1.82, 2.24) is 29.6 Å². The molecular weight excluding hydrogens is 430 g/mol. The first-order valence-corrected chi connectivity index (χ1v) is 11.3. The maximum absolute atomic E-state index is 13.2. The van der Waals surface area contributed by atoms with E-state index in [9.17, 15) is 4.79 Å². The molecule has 9 nitrogen and oxygen atoms in total. The zero-order chi connectivity index (χ0) is 23.4. The molecule has 4 aromatic rings. The molecule has 1 aromatic carbocycles. The van der Waals surface area contributed by atoms with Crippen molar-refractivity contribution >= 4 is 22.8 Å². The number of fused-ring (bicyclic) bond motifs is 2. The van der Waals surface area contributed by atoms with Gasteiger partial charge in [-0.25, -0.2) is 15.0 Å². The van der Waals surface area contributed by atoms with Gasteiger partial charge in [0.1, 0.15) is 23.2 Å². The van der Waals surface area contributed by atoms with Crippen LogP contribution in [0.5, 0.6) is 5.75 Å². The first kappa shape index (κ1) is 20.7. The lowest BCUT2D eigenvalue weighted by Crippen LogP contribution is -2.31. The van der Waals surface area contributed by atoms with Crippen molar-refractivity contribution in [2.45, 2.75) is 6.42 Å². The minimum Gasteiger partial charge on any atom is -0.493 e. The van der Waals surface area contributed by atoms with E-state index >= 15 is 0 Å². The maximum Gasteiger partial charge on any atom is 0.233 e. The number of hydrogen-bond donors (Lipinski definition) is 1. The number of methoxy groups -OCH3 is 1. The number of ether oxygens (including phenoxy) is 1. The van der Waals surface area contributed by atoms with Gasteiger partial charge >= 0.3 is 0 Å². The van der Waals surface area contributed by atoms with Crippen molar-refractivity contribution in [2.75, 3.05) is 32.6 Å². The number of anilines is 1. The lowest BCUT2D eigenvalue weighted by atomic mass is 10.0. The summed E-state index contributed by atoms with van der Waals surface area (Å²) in [6.45, 7) is 1.72. The number of likely N-dealkylation sites (tertiary alicyclic amines) is 1. The van der Waals surface area contributed by atoms with Gasteiger partial charge in [-0.3, -0.25) is 9.48 Å². The van der Waals surface area contributed by atoms with Crippen LogP contribution in [0.2, 0.25) is 0 Å². The predicted octanol–water partition coefficient (Wildman–Crippen LogP) is 2.99. The van der Waals surface area contributed by atoms with E-state index < -0.39 is 0 Å². The standard InChI is InChI=1S/C25H25N7O2/c1-31-11-16-10-25(16,13-31)24(33)29-23-19(34-3)9-18-22(28-23)21(27-14-26-18)17-12-32(2)30-20(17)15-7-5-4-6-8-15/h4-9,12,14,16H,10-11,13H2,1-3H3,(H,28,29,33)/t16-,25-/m1/s1. The number of carbonyl (C=O) groups is 1. The Kier molecular flexibility index (Phi) is 4.63. The summed E-state index contributed by atoms with van der Waals surface area (Å²) in [6.07, 6.45) is 4.36. The zero-order valence-electron chi connectivity index (χ0n) is 19.3. The van der Waals surface area contributed by atoms with E-state index in [1.165, 1.54) is 6.33 Å². The molecule has 2 aliphatic rings. The summed E-state index contributed by atoms with van der Waals surface area (Å²) < 4.78 is 7.33. The summed E-state index contributed by atoms with van der Waals surface area (Å²) in [4.78, 5) is 29.3. The van der Waals surface area contributed by atoms with Crippen molar-refractivity contribution in [3.8, 4) is 28.3 Å². The molecule has 172 valence electrons. The molecule has 0 spiro atoms. The van der Waals surface area contributed by atoms with Crippen LogP contribution in [0.3, 0.4) is 0 Å². The Morgan fingerprint density at radius 3 is 2.74 bits per heavy atom. The smallest absolute Gasteiger partial charge is 0.233 e. The van der Waals surface area contributed by atoms with Crippen LogP contribution in [0.15, 0.2) is 48.9 Å². The molecule has 1 saturated carbocycles. The lowest BCUT2D eigenvalue weighted by molar-refractivity contribution is -0.121. The van der Waals surface area contributed by atoms with E-state index in [0.29, 0.717) is 34.2 Å². The third-order valence-electron chi connectivity index (χ3n) is 6.93. The number of piperidine rings is 1. The highest BCUT2D eigenvalue weighted by atomic mass is 16.5. The van der Waals surface area contributed by atoms with Gasteiger partial charge in [-0.05, 0) is 19.4 Å². The fraction of sp³-hybridized carbons (Fsp3) is 0.320. The Morgan fingerprint density at radius 2 is 2.00 bits per heavy atom. The van der Waals surface area contributed by atoms with Crippen molar-refractivity contribution in [2.24, 2.45) is 18.4 Å². The highest BCUT2D eigenvalue weighted by Crippen LogP contribution is 2.58. The maximum atomic E-state index is 13.2. The van der Waals surface area contributed by atoms with Gasteiger partial charge in [0.25, 0.3) is 0 Å². The summed E-state index contributed by atoms with van der Waals surface area (Å²) in [5.41, 5.74) is 4.17. The van der Waals surface area contributed by atoms with Gasteiger partial charge in [-0.2, -0.15) is 5.10 Å². The van der Waals surface area contributed by atoms with Crippen LogP contribution in [-0.4, -0.2) is 62.8 Å². The number of nitrogens with one attached hydrogen (secondary N) is 1.